The van der Waals surface area contributed by atoms with Gasteiger partial charge >= 0.3 is 7.25 Å². The molecular formula is C25H24BF4NO3. The van der Waals surface area contributed by atoms with Crippen LogP contribution in [0.3, 0.4) is 0 Å². The zero-order chi connectivity index (χ0) is 24.9. The second-order valence-electron chi connectivity index (χ2n) is 7.53. The fourth-order valence-corrected chi connectivity index (χ4v) is 3.60. The lowest BCUT2D eigenvalue weighted by Crippen LogP contribution is -2.70. The van der Waals surface area contributed by atoms with E-state index in [-0.39, 0.29) is 0 Å². The van der Waals surface area contributed by atoms with E-state index in [0.29, 0.717) is 5.75 Å². The second kappa shape index (κ2) is 10.5. The molecule has 0 spiro atoms. The van der Waals surface area contributed by atoms with Crippen molar-refractivity contribution < 1.29 is 36.1 Å². The number of rotatable bonds is 4. The molecule has 1 heterocycles. The molecule has 0 aliphatic heterocycles. The predicted molar refractivity (Wildman–Crippen MR) is 125 cm³/mol. The van der Waals surface area contributed by atoms with Crippen LogP contribution in [0.2, 0.25) is 0 Å². The molecule has 4 rings (SSSR count). The molecule has 178 valence electrons. The lowest BCUT2D eigenvalue weighted by Gasteiger charge is -2.07. The van der Waals surface area contributed by atoms with E-state index in [1.165, 1.54) is 0 Å². The van der Waals surface area contributed by atoms with Crippen LogP contribution in [-0.4, -0.2) is 21.5 Å². The van der Waals surface area contributed by atoms with E-state index in [4.69, 9.17) is 13.9 Å². The van der Waals surface area contributed by atoms with Gasteiger partial charge < -0.3 is 31.2 Å². The summed E-state index contributed by atoms with van der Waals surface area (Å²) in [6.45, 7) is 4.18. The number of fused-ring (bicyclic) bond motifs is 1. The molecule has 0 unspecified atom stereocenters. The molecule has 34 heavy (non-hydrogen) atoms. The number of ether oxygens (including phenoxy) is 2. The van der Waals surface area contributed by atoms with Crippen LogP contribution in [0, 0.1) is 13.8 Å². The average Bonchev–Trinajstić information content (AvgIpc) is 2.78. The van der Waals surface area contributed by atoms with Crippen molar-refractivity contribution in [3.63, 3.8) is 0 Å². The minimum atomic E-state index is -6.00. The van der Waals surface area contributed by atoms with Gasteiger partial charge in [-0.3, -0.25) is 0 Å². The third-order valence-electron chi connectivity index (χ3n) is 4.94. The molecule has 0 radical (unpaired) electrons. The van der Waals surface area contributed by atoms with Gasteiger partial charge in [-0.15, -0.1) is 0 Å². The molecule has 0 saturated carbocycles. The second-order valence-corrected chi connectivity index (χ2v) is 7.53. The number of nitrogens with one attached hydrogen (secondary N) is 1. The highest BCUT2D eigenvalue weighted by Crippen LogP contribution is 2.26. The largest absolute Gasteiger partial charge is 0.673 e. The van der Waals surface area contributed by atoms with Gasteiger partial charge in [0.2, 0.25) is 11.0 Å². The van der Waals surface area contributed by atoms with Gasteiger partial charge in [0.25, 0.3) is 0 Å². The molecule has 0 bridgehead atoms. The van der Waals surface area contributed by atoms with Crippen molar-refractivity contribution in [1.29, 1.82) is 0 Å². The van der Waals surface area contributed by atoms with Gasteiger partial charge in [0.1, 0.15) is 17.1 Å². The van der Waals surface area contributed by atoms with Crippen molar-refractivity contribution in [2.45, 2.75) is 13.8 Å². The van der Waals surface area contributed by atoms with E-state index < -0.39 is 7.25 Å². The summed E-state index contributed by atoms with van der Waals surface area (Å²) in [5, 5.41) is 2.01. The van der Waals surface area contributed by atoms with Gasteiger partial charge in [-0.1, -0.05) is 36.4 Å². The van der Waals surface area contributed by atoms with Crippen LogP contribution in [0.5, 0.6) is 11.5 Å². The van der Waals surface area contributed by atoms with E-state index in [0.717, 1.165) is 50.2 Å². The smallest absolute Gasteiger partial charge is 0.497 e. The quantitative estimate of drug-likeness (QED) is 0.321. The van der Waals surface area contributed by atoms with Gasteiger partial charge in [-0.2, -0.15) is 0 Å². The fourth-order valence-electron chi connectivity index (χ4n) is 3.60. The van der Waals surface area contributed by atoms with Crippen molar-refractivity contribution in [3.05, 3.63) is 83.2 Å². The number of hydrogen-bond donors (Lipinski definition) is 1. The Bertz CT molecular complexity index is 1350. The molecule has 0 saturated heterocycles. The fraction of sp³-hybridized carbons (Fsp3) is 0.160. The molecule has 0 aliphatic rings. The summed E-state index contributed by atoms with van der Waals surface area (Å²) in [7, 11) is -2.70. The van der Waals surface area contributed by atoms with E-state index in [2.05, 4.69) is 31.0 Å². The third kappa shape index (κ3) is 6.40. The van der Waals surface area contributed by atoms with E-state index in [1.807, 2.05) is 54.6 Å². The van der Waals surface area contributed by atoms with Crippen LogP contribution in [0.1, 0.15) is 11.1 Å². The number of benzene rings is 3. The standard InChI is InChI=1S/C25H23NO3.BF4/c1-16-12-17(2)25-21(26-20-11-10-19(27-3)14-23(20)28-4)15-22(29-24(25)13-16)18-8-6-5-7-9-18;2-1(3,4)5/h5-15H,1-4H3;/q;-1/p+1. The lowest BCUT2D eigenvalue weighted by atomic mass is 10.0. The SMILES string of the molecule is COc1ccc([NH+]=c2cc(-c3ccccc3)oc3cc(C)cc(C)c23)c(OC)c1.F[B-](F)(F)F. The zero-order valence-electron chi connectivity index (χ0n) is 19.2. The lowest BCUT2D eigenvalue weighted by molar-refractivity contribution is -0.401. The van der Waals surface area contributed by atoms with Crippen LogP contribution in [0.4, 0.5) is 23.0 Å². The van der Waals surface area contributed by atoms with Crippen LogP contribution < -0.4 is 19.8 Å². The molecular weight excluding hydrogens is 449 g/mol. The van der Waals surface area contributed by atoms with E-state index in [1.54, 1.807) is 14.2 Å². The van der Waals surface area contributed by atoms with Gasteiger partial charge in [-0.05, 0) is 37.1 Å². The number of hydrogen-bond acceptors (Lipinski definition) is 3. The maximum atomic E-state index is 9.75. The molecule has 1 aromatic heterocycles. The molecule has 3 aromatic carbocycles. The molecule has 0 fully saturated rings. The summed E-state index contributed by atoms with van der Waals surface area (Å²) in [4.78, 5) is 3.55. The van der Waals surface area contributed by atoms with E-state index in [9.17, 15) is 17.3 Å². The minimum Gasteiger partial charge on any atom is -0.497 e. The molecule has 4 nitrogen and oxygen atoms in total. The Morgan fingerprint density at radius 1 is 0.824 bits per heavy atom. The van der Waals surface area contributed by atoms with Gasteiger partial charge in [0.15, 0.2) is 5.75 Å². The summed E-state index contributed by atoms with van der Waals surface area (Å²) >= 11 is 0. The molecule has 1 N–H and O–H groups in total. The number of aryl methyl sites for hydroxylation is 2. The molecule has 0 aliphatic carbocycles. The Morgan fingerprint density at radius 3 is 2.12 bits per heavy atom. The van der Waals surface area contributed by atoms with Gasteiger partial charge in [0, 0.05) is 17.7 Å². The van der Waals surface area contributed by atoms with Crippen LogP contribution >= 0.6 is 0 Å². The minimum absolute atomic E-state index is 0.712. The summed E-state index contributed by atoms with van der Waals surface area (Å²) < 4.78 is 56.2. The monoisotopic (exact) mass is 473 g/mol. The maximum Gasteiger partial charge on any atom is 0.673 e. The summed E-state index contributed by atoms with van der Waals surface area (Å²) in [6, 6.07) is 22.1. The Morgan fingerprint density at radius 2 is 1.50 bits per heavy atom. The number of methoxy groups -OCH3 is 2. The van der Waals surface area contributed by atoms with Crippen molar-refractivity contribution in [3.8, 4) is 22.8 Å². The summed E-state index contributed by atoms with van der Waals surface area (Å²) in [6.07, 6.45) is 0. The van der Waals surface area contributed by atoms with Crippen molar-refractivity contribution in [1.82, 2.24) is 0 Å². The average molecular weight is 473 g/mol. The Hall–Kier alpha value is -3.75. The number of halogens is 4. The molecule has 9 heteroatoms. The molecule has 0 amide bonds. The van der Waals surface area contributed by atoms with Crippen molar-refractivity contribution >= 4 is 23.9 Å². The highest BCUT2D eigenvalue weighted by molar-refractivity contribution is 6.50. The molecule has 4 aromatic rings. The van der Waals surface area contributed by atoms with Gasteiger partial charge in [0.05, 0.1) is 25.7 Å². The first-order chi connectivity index (χ1) is 16.1. The van der Waals surface area contributed by atoms with Crippen LogP contribution in [-0.2, 0) is 0 Å². The van der Waals surface area contributed by atoms with Crippen molar-refractivity contribution in [2.75, 3.05) is 14.2 Å². The van der Waals surface area contributed by atoms with Crippen LogP contribution in [0.25, 0.3) is 22.3 Å². The first-order valence-electron chi connectivity index (χ1n) is 10.4. The highest BCUT2D eigenvalue weighted by Gasteiger charge is 2.20. The first kappa shape index (κ1) is 24.9. The Kier molecular flexibility index (Phi) is 7.66. The highest BCUT2D eigenvalue weighted by atomic mass is 19.5. The predicted octanol–water partition coefficient (Wildman–Crippen LogP) is 5.35. The van der Waals surface area contributed by atoms with Crippen LogP contribution in [0.15, 0.2) is 71.1 Å². The van der Waals surface area contributed by atoms with Crippen molar-refractivity contribution in [2.24, 2.45) is 0 Å². The Balaban J connectivity index is 0.000000588. The third-order valence-corrected chi connectivity index (χ3v) is 4.94. The van der Waals surface area contributed by atoms with E-state index >= 15 is 0 Å². The van der Waals surface area contributed by atoms with Gasteiger partial charge in [-0.25, -0.2) is 4.99 Å². The first-order valence-corrected chi connectivity index (χ1v) is 10.4. The summed E-state index contributed by atoms with van der Waals surface area (Å²) in [5.74, 6) is 2.26. The summed E-state index contributed by atoms with van der Waals surface area (Å²) in [5.41, 5.74) is 5.05. The zero-order valence-corrected chi connectivity index (χ0v) is 19.2. The maximum absolute atomic E-state index is 9.75. The molecule has 0 atom stereocenters. The topological polar surface area (TPSA) is 45.6 Å². The normalized spacial score (nSPS) is 11.7. The Labute approximate surface area is 194 Å².